The maximum Gasteiger partial charge on any atom is 0.435 e. The molecule has 4 heterocycles. The Labute approximate surface area is 271 Å². The topological polar surface area (TPSA) is 185 Å². The summed E-state index contributed by atoms with van der Waals surface area (Å²) in [5.74, 6) is -0.00790. The zero-order valence-corrected chi connectivity index (χ0v) is 25.8. The van der Waals surface area contributed by atoms with Crippen molar-refractivity contribution in [2.24, 2.45) is 5.73 Å². The molecule has 5 N–H and O–H groups in total. The number of nitrogens with two attached hydrogens (primary N) is 1. The van der Waals surface area contributed by atoms with E-state index in [0.29, 0.717) is 45.0 Å². The van der Waals surface area contributed by atoms with Gasteiger partial charge in [-0.25, -0.2) is 14.8 Å². The summed E-state index contributed by atoms with van der Waals surface area (Å²) >= 11 is 6.51. The van der Waals surface area contributed by atoms with Gasteiger partial charge in [-0.1, -0.05) is 11.6 Å². The van der Waals surface area contributed by atoms with Gasteiger partial charge >= 0.3 is 12.2 Å². The quantitative estimate of drug-likeness (QED) is 0.192. The van der Waals surface area contributed by atoms with Gasteiger partial charge in [-0.2, -0.15) is 18.3 Å². The molecule has 19 heteroatoms. The lowest BCUT2D eigenvalue weighted by atomic mass is 10.1. The third kappa shape index (κ3) is 8.27. The number of fused-ring (bicyclic) bond motifs is 1. The first-order valence-corrected chi connectivity index (χ1v) is 14.5. The standard InChI is InChI=1S/C27H30ClF3N10O3.CH2O2/c1-44-13-12-40-16-19(22(37-40)27(29,30)31)21-15-35-24-23(33-6-7-41(21)24)36-17-2-3-18(20(28)14-17)25(42)38-8-10-39(11-9-38)26(43)34-5-4-32;2-1-3/h2-3,6-7,14-16H,4-5,8-13,32H2,1H3,(H,33,36)(H,34,43);1H,(H,2,3). The molecule has 0 aliphatic carbocycles. The number of hydrogen-bond acceptors (Lipinski definition) is 9. The average Bonchev–Trinajstić information content (AvgIpc) is 3.68. The highest BCUT2D eigenvalue weighted by Crippen LogP contribution is 2.37. The van der Waals surface area contributed by atoms with Gasteiger partial charge < -0.3 is 36.0 Å². The van der Waals surface area contributed by atoms with Crippen LogP contribution >= 0.6 is 11.6 Å². The Kier molecular flexibility index (Phi) is 11.6. The predicted molar refractivity (Wildman–Crippen MR) is 164 cm³/mol. The van der Waals surface area contributed by atoms with Crippen LogP contribution in [0.4, 0.5) is 29.5 Å². The molecule has 1 aromatic carbocycles. The van der Waals surface area contributed by atoms with E-state index in [1.165, 1.54) is 41.0 Å². The number of rotatable bonds is 9. The first-order chi connectivity index (χ1) is 22.5. The van der Waals surface area contributed by atoms with Crippen molar-refractivity contribution < 1.29 is 37.4 Å². The van der Waals surface area contributed by atoms with Crippen molar-refractivity contribution in [1.29, 1.82) is 0 Å². The lowest BCUT2D eigenvalue weighted by Gasteiger charge is -2.34. The van der Waals surface area contributed by atoms with E-state index in [0.717, 1.165) is 0 Å². The number of amides is 3. The highest BCUT2D eigenvalue weighted by atomic mass is 35.5. The zero-order valence-electron chi connectivity index (χ0n) is 25.1. The smallest absolute Gasteiger partial charge is 0.435 e. The fraction of sp³-hybridized carbons (Fsp3) is 0.357. The van der Waals surface area contributed by atoms with Gasteiger partial charge in [0.1, 0.15) is 0 Å². The number of carbonyl (C=O) groups is 3. The van der Waals surface area contributed by atoms with Crippen molar-refractivity contribution in [3.63, 3.8) is 0 Å². The number of carboxylic acid groups (broad SMARTS) is 1. The molecule has 0 atom stereocenters. The average molecular weight is 681 g/mol. The Bertz CT molecular complexity index is 1710. The van der Waals surface area contributed by atoms with Crippen LogP contribution in [0.1, 0.15) is 16.1 Å². The van der Waals surface area contributed by atoms with Crippen LogP contribution in [0.15, 0.2) is 43.0 Å². The number of nitrogens with one attached hydrogen (secondary N) is 2. The monoisotopic (exact) mass is 680 g/mol. The summed E-state index contributed by atoms with van der Waals surface area (Å²) < 4.78 is 49.2. The number of alkyl halides is 3. The molecule has 0 bridgehead atoms. The number of nitrogens with zero attached hydrogens (tertiary/aromatic N) is 7. The highest BCUT2D eigenvalue weighted by Gasteiger charge is 2.38. The molecular formula is C28H32ClF3N10O5. The number of carbonyl (C=O) groups excluding carboxylic acids is 2. The van der Waals surface area contributed by atoms with E-state index in [4.69, 9.17) is 32.0 Å². The molecule has 1 aliphatic rings. The third-order valence-corrected chi connectivity index (χ3v) is 7.31. The molecule has 1 aliphatic heterocycles. The molecule has 1 saturated heterocycles. The first kappa shape index (κ1) is 34.9. The number of halogens is 4. The fourth-order valence-corrected chi connectivity index (χ4v) is 5.06. The van der Waals surface area contributed by atoms with Gasteiger partial charge in [0, 0.05) is 70.7 Å². The van der Waals surface area contributed by atoms with Gasteiger partial charge in [0.15, 0.2) is 17.2 Å². The molecule has 1 fully saturated rings. The lowest BCUT2D eigenvalue weighted by molar-refractivity contribution is -0.141. The summed E-state index contributed by atoms with van der Waals surface area (Å²) in [6.45, 7) is 2.25. The van der Waals surface area contributed by atoms with Crippen LogP contribution in [-0.2, 0) is 22.3 Å². The second kappa shape index (κ2) is 15.6. The maximum absolute atomic E-state index is 13.9. The molecule has 0 radical (unpaired) electrons. The van der Waals surface area contributed by atoms with Gasteiger partial charge in [0.05, 0.1) is 41.2 Å². The fourth-order valence-electron chi connectivity index (χ4n) is 4.80. The van der Waals surface area contributed by atoms with Gasteiger partial charge in [-0.05, 0) is 18.2 Å². The molecule has 0 unspecified atom stereocenters. The lowest BCUT2D eigenvalue weighted by Crippen LogP contribution is -2.53. The van der Waals surface area contributed by atoms with E-state index in [-0.39, 0.29) is 64.9 Å². The number of anilines is 2. The summed E-state index contributed by atoms with van der Waals surface area (Å²) in [5.41, 5.74) is 5.48. The molecule has 5 rings (SSSR count). The van der Waals surface area contributed by atoms with Crippen LogP contribution in [0.2, 0.25) is 5.02 Å². The number of hydrogen-bond donors (Lipinski definition) is 4. The van der Waals surface area contributed by atoms with Crippen molar-refractivity contribution in [3.8, 4) is 11.3 Å². The van der Waals surface area contributed by atoms with E-state index in [1.54, 1.807) is 28.0 Å². The molecule has 0 spiro atoms. The minimum atomic E-state index is -4.69. The molecule has 0 saturated carbocycles. The van der Waals surface area contributed by atoms with Crippen molar-refractivity contribution >= 4 is 47.2 Å². The summed E-state index contributed by atoms with van der Waals surface area (Å²) in [6.07, 6.45) is 0.884. The van der Waals surface area contributed by atoms with Crippen molar-refractivity contribution in [3.05, 3.63) is 59.3 Å². The van der Waals surface area contributed by atoms with E-state index in [9.17, 15) is 22.8 Å². The van der Waals surface area contributed by atoms with Crippen molar-refractivity contribution in [2.45, 2.75) is 12.7 Å². The molecule has 47 heavy (non-hydrogen) atoms. The molecule has 3 amide bonds. The Morgan fingerprint density at radius 2 is 1.87 bits per heavy atom. The SMILES string of the molecule is COCCn1cc(-c2cnc3c(Nc4ccc(C(=O)N5CCN(C(=O)NCCN)CC5)c(Cl)c4)nccn23)c(C(F)(F)F)n1.O=CO. The van der Waals surface area contributed by atoms with Gasteiger partial charge in [0.2, 0.25) is 0 Å². The van der Waals surface area contributed by atoms with Crippen molar-refractivity contribution in [2.75, 3.05) is 58.3 Å². The molecular weight excluding hydrogens is 649 g/mol. The second-order valence-corrected chi connectivity index (χ2v) is 10.4. The van der Waals surface area contributed by atoms with Crippen LogP contribution in [0.5, 0.6) is 0 Å². The van der Waals surface area contributed by atoms with E-state index < -0.39 is 11.9 Å². The van der Waals surface area contributed by atoms with Gasteiger partial charge in [-0.3, -0.25) is 18.7 Å². The molecule has 4 aromatic rings. The summed E-state index contributed by atoms with van der Waals surface area (Å²) in [5, 5.41) is 16.6. The van der Waals surface area contributed by atoms with Crippen LogP contribution < -0.4 is 16.4 Å². The third-order valence-electron chi connectivity index (χ3n) is 7.00. The Morgan fingerprint density at radius 1 is 1.17 bits per heavy atom. The highest BCUT2D eigenvalue weighted by molar-refractivity contribution is 6.34. The Balaban J connectivity index is 0.00000160. The normalized spacial score (nSPS) is 13.2. The minimum absolute atomic E-state index is 0.138. The number of aromatic nitrogens is 5. The minimum Gasteiger partial charge on any atom is -0.483 e. The van der Waals surface area contributed by atoms with Crippen LogP contribution in [0, 0.1) is 0 Å². The van der Waals surface area contributed by atoms with Crippen molar-refractivity contribution in [1.82, 2.24) is 39.3 Å². The predicted octanol–water partition coefficient (Wildman–Crippen LogP) is 2.78. The Morgan fingerprint density at radius 3 is 2.51 bits per heavy atom. The number of methoxy groups -OCH3 is 1. The summed E-state index contributed by atoms with van der Waals surface area (Å²) in [6, 6.07) is 4.56. The zero-order chi connectivity index (χ0) is 34.1. The number of urea groups is 1. The van der Waals surface area contributed by atoms with Crippen LogP contribution in [0.25, 0.3) is 16.9 Å². The number of imidazole rings is 1. The van der Waals surface area contributed by atoms with E-state index in [1.807, 2.05) is 0 Å². The van der Waals surface area contributed by atoms with E-state index >= 15 is 0 Å². The number of ether oxygens (including phenoxy) is 1. The van der Waals surface area contributed by atoms with Crippen LogP contribution in [-0.4, -0.2) is 110 Å². The molecule has 252 valence electrons. The maximum atomic E-state index is 13.9. The molecule has 3 aromatic heterocycles. The summed E-state index contributed by atoms with van der Waals surface area (Å²) in [7, 11) is 1.45. The van der Waals surface area contributed by atoms with Crippen LogP contribution in [0.3, 0.4) is 0 Å². The van der Waals surface area contributed by atoms with Gasteiger partial charge in [-0.15, -0.1) is 0 Å². The van der Waals surface area contributed by atoms with E-state index in [2.05, 4.69) is 25.7 Å². The second-order valence-electron chi connectivity index (χ2n) is 9.98. The number of benzene rings is 1. The first-order valence-electron chi connectivity index (χ1n) is 14.1. The number of piperazine rings is 1. The largest absolute Gasteiger partial charge is 0.483 e. The Hall–Kier alpha value is -4.94. The summed E-state index contributed by atoms with van der Waals surface area (Å²) in [4.78, 5) is 45.6. The van der Waals surface area contributed by atoms with Gasteiger partial charge in [0.25, 0.3) is 12.4 Å². The molecule has 15 nitrogen and oxygen atoms in total.